The molecule has 0 amide bonds. The van der Waals surface area contributed by atoms with Gasteiger partial charge in [0.15, 0.2) is 0 Å². The molecule has 2 nitrogen and oxygen atoms in total. The van der Waals surface area contributed by atoms with E-state index in [0.29, 0.717) is 0 Å². The maximum Gasteiger partial charge on any atom is 0.133 e. The van der Waals surface area contributed by atoms with E-state index in [1.807, 2.05) is 36.4 Å². The predicted molar refractivity (Wildman–Crippen MR) is 67.9 cm³/mol. The lowest BCUT2D eigenvalue weighted by Gasteiger charge is -2.21. The predicted octanol–water partition coefficient (Wildman–Crippen LogP) is 3.73. The number of nitrogens with two attached hydrogens (primary N) is 1. The standard InChI is InChI=1S/C13H10BrNO/c14-11-2-1-3-12-10(11)6-8-4-5-9(15)7-13(8)16-12/h1-5,7H,6,15H2. The molecule has 0 aromatic heterocycles. The number of halogens is 1. The van der Waals surface area contributed by atoms with Gasteiger partial charge in [0.25, 0.3) is 0 Å². The van der Waals surface area contributed by atoms with E-state index in [-0.39, 0.29) is 0 Å². The first-order chi connectivity index (χ1) is 7.74. The van der Waals surface area contributed by atoms with E-state index in [0.717, 1.165) is 28.1 Å². The van der Waals surface area contributed by atoms with Crippen molar-refractivity contribution >= 4 is 21.6 Å². The van der Waals surface area contributed by atoms with Crippen molar-refractivity contribution in [1.29, 1.82) is 0 Å². The molecule has 0 saturated carbocycles. The van der Waals surface area contributed by atoms with Gasteiger partial charge in [-0.3, -0.25) is 0 Å². The molecule has 0 spiro atoms. The van der Waals surface area contributed by atoms with E-state index < -0.39 is 0 Å². The first-order valence-electron chi connectivity index (χ1n) is 5.08. The number of fused-ring (bicyclic) bond motifs is 2. The summed E-state index contributed by atoms with van der Waals surface area (Å²) in [7, 11) is 0. The summed E-state index contributed by atoms with van der Waals surface area (Å²) in [5.41, 5.74) is 8.84. The topological polar surface area (TPSA) is 35.2 Å². The van der Waals surface area contributed by atoms with Crippen molar-refractivity contribution in [2.24, 2.45) is 0 Å². The van der Waals surface area contributed by atoms with Crippen LogP contribution in [0, 0.1) is 0 Å². The lowest BCUT2D eigenvalue weighted by Crippen LogP contribution is -2.04. The highest BCUT2D eigenvalue weighted by Crippen LogP contribution is 2.40. The van der Waals surface area contributed by atoms with Gasteiger partial charge in [0.05, 0.1) is 0 Å². The smallest absolute Gasteiger partial charge is 0.133 e. The van der Waals surface area contributed by atoms with Gasteiger partial charge in [0.2, 0.25) is 0 Å². The minimum absolute atomic E-state index is 0.734. The summed E-state index contributed by atoms with van der Waals surface area (Å²) >= 11 is 3.54. The Kier molecular flexibility index (Phi) is 2.14. The molecule has 3 heteroatoms. The van der Waals surface area contributed by atoms with Crippen molar-refractivity contribution in [3.63, 3.8) is 0 Å². The molecular weight excluding hydrogens is 266 g/mol. The van der Waals surface area contributed by atoms with Gasteiger partial charge in [-0.25, -0.2) is 0 Å². The zero-order valence-corrected chi connectivity index (χ0v) is 10.1. The average Bonchev–Trinajstić information content (AvgIpc) is 2.27. The Morgan fingerprint density at radius 1 is 1.12 bits per heavy atom. The van der Waals surface area contributed by atoms with Gasteiger partial charge in [-0.1, -0.05) is 28.1 Å². The van der Waals surface area contributed by atoms with E-state index in [4.69, 9.17) is 10.5 Å². The van der Waals surface area contributed by atoms with Gasteiger partial charge in [0, 0.05) is 28.2 Å². The third kappa shape index (κ3) is 1.48. The Balaban J connectivity index is 2.13. The molecule has 0 aliphatic carbocycles. The minimum atomic E-state index is 0.734. The number of hydrogen-bond acceptors (Lipinski definition) is 2. The first-order valence-corrected chi connectivity index (χ1v) is 5.87. The summed E-state index contributed by atoms with van der Waals surface area (Å²) < 4.78 is 6.92. The lowest BCUT2D eigenvalue weighted by atomic mass is 10.0. The van der Waals surface area contributed by atoms with Crippen LogP contribution >= 0.6 is 15.9 Å². The van der Waals surface area contributed by atoms with Gasteiger partial charge >= 0.3 is 0 Å². The van der Waals surface area contributed by atoms with Gasteiger partial charge in [-0.15, -0.1) is 0 Å². The summed E-state index contributed by atoms with van der Waals surface area (Å²) in [6.45, 7) is 0. The molecule has 0 unspecified atom stereocenters. The largest absolute Gasteiger partial charge is 0.457 e. The van der Waals surface area contributed by atoms with Crippen molar-refractivity contribution in [2.45, 2.75) is 6.42 Å². The second-order valence-corrected chi connectivity index (χ2v) is 4.72. The molecule has 16 heavy (non-hydrogen) atoms. The Labute approximate surface area is 102 Å². The molecule has 80 valence electrons. The zero-order valence-electron chi connectivity index (χ0n) is 8.53. The zero-order chi connectivity index (χ0) is 11.1. The quantitative estimate of drug-likeness (QED) is 0.635. The number of nitrogen functional groups attached to an aromatic ring is 1. The Bertz CT molecular complexity index is 566. The maximum atomic E-state index is 5.83. The highest BCUT2D eigenvalue weighted by atomic mass is 79.9. The fraction of sp³-hybridized carbons (Fsp3) is 0.0769. The SMILES string of the molecule is Nc1ccc2c(c1)Oc1cccc(Br)c1C2. The Hall–Kier alpha value is -1.48. The van der Waals surface area contributed by atoms with Gasteiger partial charge < -0.3 is 10.5 Å². The van der Waals surface area contributed by atoms with Gasteiger partial charge in [-0.2, -0.15) is 0 Å². The van der Waals surface area contributed by atoms with E-state index in [1.165, 1.54) is 11.1 Å². The molecule has 0 fully saturated rings. The number of benzene rings is 2. The first kappa shape index (κ1) is 9.73. The lowest BCUT2D eigenvalue weighted by molar-refractivity contribution is 0.459. The molecule has 1 aliphatic heterocycles. The normalized spacial score (nSPS) is 12.6. The van der Waals surface area contributed by atoms with E-state index >= 15 is 0 Å². The third-order valence-corrected chi connectivity index (χ3v) is 3.50. The highest BCUT2D eigenvalue weighted by Gasteiger charge is 2.18. The van der Waals surface area contributed by atoms with Crippen LogP contribution in [0.25, 0.3) is 0 Å². The second-order valence-electron chi connectivity index (χ2n) is 3.86. The Morgan fingerprint density at radius 2 is 2.00 bits per heavy atom. The molecule has 0 radical (unpaired) electrons. The molecule has 2 aromatic rings. The highest BCUT2D eigenvalue weighted by molar-refractivity contribution is 9.10. The summed E-state index contributed by atoms with van der Waals surface area (Å²) in [6, 6.07) is 11.8. The third-order valence-electron chi connectivity index (χ3n) is 2.75. The van der Waals surface area contributed by atoms with Crippen LogP contribution in [0.4, 0.5) is 5.69 Å². The molecule has 0 atom stereocenters. The molecule has 2 aromatic carbocycles. The molecule has 0 bridgehead atoms. The van der Waals surface area contributed by atoms with Crippen molar-refractivity contribution in [3.05, 3.63) is 52.0 Å². The molecular formula is C13H10BrNO. The second kappa shape index (κ2) is 3.52. The van der Waals surface area contributed by atoms with Crippen LogP contribution in [0.1, 0.15) is 11.1 Å². The van der Waals surface area contributed by atoms with Gasteiger partial charge in [0.1, 0.15) is 11.5 Å². The fourth-order valence-electron chi connectivity index (χ4n) is 1.93. The summed E-state index contributed by atoms with van der Waals surface area (Å²) in [4.78, 5) is 0. The number of anilines is 1. The van der Waals surface area contributed by atoms with Crippen LogP contribution in [0.3, 0.4) is 0 Å². The molecule has 0 saturated heterocycles. The van der Waals surface area contributed by atoms with Crippen LogP contribution < -0.4 is 10.5 Å². The summed E-state index contributed by atoms with van der Waals surface area (Å²) in [5.74, 6) is 1.78. The van der Waals surface area contributed by atoms with Crippen LogP contribution in [-0.2, 0) is 6.42 Å². The van der Waals surface area contributed by atoms with E-state index in [1.54, 1.807) is 0 Å². The van der Waals surface area contributed by atoms with Crippen LogP contribution in [-0.4, -0.2) is 0 Å². The van der Waals surface area contributed by atoms with Crippen LogP contribution in [0.15, 0.2) is 40.9 Å². The Morgan fingerprint density at radius 3 is 2.88 bits per heavy atom. The maximum absolute atomic E-state index is 5.83. The molecule has 3 rings (SSSR count). The van der Waals surface area contributed by atoms with Crippen molar-refractivity contribution in [1.82, 2.24) is 0 Å². The van der Waals surface area contributed by atoms with Crippen molar-refractivity contribution < 1.29 is 4.74 Å². The number of ether oxygens (including phenoxy) is 1. The molecule has 1 heterocycles. The number of rotatable bonds is 0. The van der Waals surface area contributed by atoms with Crippen molar-refractivity contribution in [3.8, 4) is 11.5 Å². The minimum Gasteiger partial charge on any atom is -0.457 e. The monoisotopic (exact) mass is 275 g/mol. The van der Waals surface area contributed by atoms with E-state index in [2.05, 4.69) is 15.9 Å². The fourth-order valence-corrected chi connectivity index (χ4v) is 2.42. The molecule has 1 aliphatic rings. The van der Waals surface area contributed by atoms with Crippen molar-refractivity contribution in [2.75, 3.05) is 5.73 Å². The number of hydrogen-bond donors (Lipinski definition) is 1. The van der Waals surface area contributed by atoms with E-state index in [9.17, 15) is 0 Å². The van der Waals surface area contributed by atoms with Crippen LogP contribution in [0.5, 0.6) is 11.5 Å². The summed E-state index contributed by atoms with van der Waals surface area (Å²) in [5, 5.41) is 0. The van der Waals surface area contributed by atoms with Crippen LogP contribution in [0.2, 0.25) is 0 Å². The summed E-state index contributed by atoms with van der Waals surface area (Å²) in [6.07, 6.45) is 0.881. The van der Waals surface area contributed by atoms with Gasteiger partial charge in [-0.05, 0) is 23.8 Å². The molecule has 2 N–H and O–H groups in total. The average molecular weight is 276 g/mol.